The van der Waals surface area contributed by atoms with Crippen molar-refractivity contribution in [1.82, 2.24) is 14.8 Å². The van der Waals surface area contributed by atoms with Gasteiger partial charge in [0, 0.05) is 50.5 Å². The molecule has 132 valence electrons. The van der Waals surface area contributed by atoms with Crippen LogP contribution in [0.1, 0.15) is 31.2 Å². The number of hydrogen-bond donors (Lipinski definition) is 1. The number of hydrogen-bond acceptors (Lipinski definition) is 5. The first-order valence-electron chi connectivity index (χ1n) is 9.02. The van der Waals surface area contributed by atoms with Crippen molar-refractivity contribution in [2.24, 2.45) is 0 Å². The van der Waals surface area contributed by atoms with Gasteiger partial charge in [0.15, 0.2) is 0 Å². The van der Waals surface area contributed by atoms with Gasteiger partial charge in [-0.3, -0.25) is 4.90 Å². The minimum atomic E-state index is -0.755. The van der Waals surface area contributed by atoms with E-state index < -0.39 is 6.09 Å². The van der Waals surface area contributed by atoms with Crippen LogP contribution in [0.2, 0.25) is 0 Å². The molecule has 3 aliphatic rings. The molecule has 0 spiro atoms. The van der Waals surface area contributed by atoms with Gasteiger partial charge >= 0.3 is 6.09 Å². The first-order chi connectivity index (χ1) is 12.2. The molecule has 3 fully saturated rings. The van der Waals surface area contributed by atoms with Crippen molar-refractivity contribution >= 4 is 11.9 Å². The van der Waals surface area contributed by atoms with Gasteiger partial charge in [0.1, 0.15) is 11.9 Å². The normalized spacial score (nSPS) is 29.5. The molecule has 3 aliphatic heterocycles. The largest absolute Gasteiger partial charge is 0.465 e. The number of pyridine rings is 1. The van der Waals surface area contributed by atoms with Gasteiger partial charge in [-0.05, 0) is 37.8 Å². The van der Waals surface area contributed by atoms with Crippen LogP contribution in [0.15, 0.2) is 18.3 Å². The van der Waals surface area contributed by atoms with Crippen molar-refractivity contribution in [2.75, 3.05) is 31.1 Å². The van der Waals surface area contributed by atoms with Gasteiger partial charge in [0.2, 0.25) is 0 Å². The maximum atomic E-state index is 11.4. The summed E-state index contributed by atoms with van der Waals surface area (Å²) in [4.78, 5) is 22.2. The summed E-state index contributed by atoms with van der Waals surface area (Å²) < 4.78 is 0. The molecule has 25 heavy (non-hydrogen) atoms. The van der Waals surface area contributed by atoms with E-state index in [0.717, 1.165) is 57.7 Å². The van der Waals surface area contributed by atoms with E-state index >= 15 is 0 Å². The van der Waals surface area contributed by atoms with Gasteiger partial charge < -0.3 is 14.9 Å². The van der Waals surface area contributed by atoms with Gasteiger partial charge in [-0.2, -0.15) is 5.26 Å². The number of piperidine rings is 1. The molecule has 0 radical (unpaired) electrons. The lowest BCUT2D eigenvalue weighted by Crippen LogP contribution is -2.56. The lowest BCUT2D eigenvalue weighted by atomic mass is 9.95. The van der Waals surface area contributed by atoms with Crippen LogP contribution in [0, 0.1) is 11.3 Å². The van der Waals surface area contributed by atoms with Crippen LogP contribution >= 0.6 is 0 Å². The summed E-state index contributed by atoms with van der Waals surface area (Å²) in [6, 6.07) is 6.70. The van der Waals surface area contributed by atoms with Gasteiger partial charge in [-0.1, -0.05) is 0 Å². The molecule has 2 bridgehead atoms. The average Bonchev–Trinajstić information content (AvgIpc) is 2.92. The van der Waals surface area contributed by atoms with Crippen LogP contribution in [0.25, 0.3) is 0 Å². The van der Waals surface area contributed by atoms with Crippen molar-refractivity contribution in [3.63, 3.8) is 0 Å². The average molecular weight is 341 g/mol. The van der Waals surface area contributed by atoms with E-state index in [9.17, 15) is 15.2 Å². The molecule has 0 aromatic carbocycles. The summed E-state index contributed by atoms with van der Waals surface area (Å²) in [7, 11) is 0. The Morgan fingerprint density at radius 1 is 1.16 bits per heavy atom. The van der Waals surface area contributed by atoms with E-state index in [-0.39, 0.29) is 12.1 Å². The zero-order valence-electron chi connectivity index (χ0n) is 14.2. The van der Waals surface area contributed by atoms with Crippen LogP contribution in [0.4, 0.5) is 10.6 Å². The molecule has 4 heterocycles. The molecule has 3 saturated heterocycles. The number of anilines is 1. The predicted molar refractivity (Wildman–Crippen MR) is 92.4 cm³/mol. The number of nitriles is 1. The summed E-state index contributed by atoms with van der Waals surface area (Å²) in [5.41, 5.74) is 0.628. The standard InChI is InChI=1S/C18H23N5O2/c19-12-13-2-1-5-20-17(13)22-8-6-21(7-9-22)16-10-14-3-4-15(11-16)23(14)18(24)25/h1-2,5,14-16H,3-4,6-11H2,(H,24,25). The minimum Gasteiger partial charge on any atom is -0.465 e. The highest BCUT2D eigenvalue weighted by molar-refractivity contribution is 5.66. The quantitative estimate of drug-likeness (QED) is 0.882. The van der Waals surface area contributed by atoms with Crippen LogP contribution in [0.5, 0.6) is 0 Å². The molecule has 2 atom stereocenters. The number of carbonyl (C=O) groups is 1. The Balaban J connectivity index is 1.39. The predicted octanol–water partition coefficient (Wildman–Crippen LogP) is 1.75. The highest BCUT2D eigenvalue weighted by atomic mass is 16.4. The summed E-state index contributed by atoms with van der Waals surface area (Å²) in [5.74, 6) is 0.783. The van der Waals surface area contributed by atoms with Gasteiger partial charge in [-0.15, -0.1) is 0 Å². The Kier molecular flexibility index (Phi) is 4.22. The molecule has 0 saturated carbocycles. The summed E-state index contributed by atoms with van der Waals surface area (Å²) in [6.45, 7) is 3.61. The Morgan fingerprint density at radius 2 is 1.84 bits per heavy atom. The Hall–Kier alpha value is -2.33. The summed E-state index contributed by atoms with van der Waals surface area (Å²) >= 11 is 0. The van der Waals surface area contributed by atoms with Crippen LogP contribution in [-0.2, 0) is 0 Å². The molecule has 7 nitrogen and oxygen atoms in total. The Morgan fingerprint density at radius 3 is 2.44 bits per heavy atom. The lowest BCUT2D eigenvalue weighted by Gasteiger charge is -2.45. The number of amides is 1. The fraction of sp³-hybridized carbons (Fsp3) is 0.611. The Labute approximate surface area is 147 Å². The van der Waals surface area contributed by atoms with E-state index in [0.29, 0.717) is 11.6 Å². The van der Waals surface area contributed by atoms with E-state index in [1.165, 1.54) is 0 Å². The first-order valence-corrected chi connectivity index (χ1v) is 9.02. The molecule has 1 amide bonds. The monoisotopic (exact) mass is 341 g/mol. The highest BCUT2D eigenvalue weighted by Gasteiger charge is 2.45. The zero-order valence-corrected chi connectivity index (χ0v) is 14.2. The minimum absolute atomic E-state index is 0.195. The number of fused-ring (bicyclic) bond motifs is 2. The highest BCUT2D eigenvalue weighted by Crippen LogP contribution is 2.38. The van der Waals surface area contributed by atoms with Crippen LogP contribution in [-0.4, -0.2) is 70.3 Å². The number of carboxylic acid groups (broad SMARTS) is 1. The number of piperazine rings is 1. The number of rotatable bonds is 2. The van der Waals surface area contributed by atoms with Crippen LogP contribution in [0.3, 0.4) is 0 Å². The molecule has 0 aliphatic carbocycles. The van der Waals surface area contributed by atoms with Crippen molar-refractivity contribution in [2.45, 2.75) is 43.8 Å². The third-order valence-corrected chi connectivity index (χ3v) is 5.97. The van der Waals surface area contributed by atoms with Gasteiger partial charge in [-0.25, -0.2) is 9.78 Å². The number of nitrogens with zero attached hydrogens (tertiary/aromatic N) is 5. The maximum Gasteiger partial charge on any atom is 0.407 e. The maximum absolute atomic E-state index is 11.4. The zero-order chi connectivity index (χ0) is 17.4. The van der Waals surface area contributed by atoms with Crippen molar-refractivity contribution < 1.29 is 9.90 Å². The second kappa shape index (κ2) is 6.52. The van der Waals surface area contributed by atoms with Crippen molar-refractivity contribution in [3.8, 4) is 6.07 Å². The molecule has 4 rings (SSSR count). The molecule has 1 aromatic heterocycles. The molecule has 1 aromatic rings. The van der Waals surface area contributed by atoms with E-state index in [2.05, 4.69) is 20.9 Å². The second-order valence-corrected chi connectivity index (χ2v) is 7.21. The third kappa shape index (κ3) is 2.91. The fourth-order valence-electron chi connectivity index (χ4n) is 4.79. The fourth-order valence-corrected chi connectivity index (χ4v) is 4.79. The van der Waals surface area contributed by atoms with Crippen molar-refractivity contribution in [1.29, 1.82) is 5.26 Å². The molecule has 7 heteroatoms. The van der Waals surface area contributed by atoms with E-state index in [1.54, 1.807) is 17.2 Å². The summed E-state index contributed by atoms with van der Waals surface area (Å²) in [6.07, 6.45) is 4.91. The Bertz CT molecular complexity index is 681. The van der Waals surface area contributed by atoms with Gasteiger partial charge in [0.05, 0.1) is 5.56 Å². The third-order valence-electron chi connectivity index (χ3n) is 5.97. The molecular weight excluding hydrogens is 318 g/mol. The van der Waals surface area contributed by atoms with E-state index in [4.69, 9.17) is 0 Å². The first kappa shape index (κ1) is 16.2. The van der Waals surface area contributed by atoms with Crippen LogP contribution < -0.4 is 4.90 Å². The van der Waals surface area contributed by atoms with Crippen molar-refractivity contribution in [3.05, 3.63) is 23.9 Å². The van der Waals surface area contributed by atoms with E-state index in [1.807, 2.05) is 6.07 Å². The summed E-state index contributed by atoms with van der Waals surface area (Å²) in [5, 5.41) is 18.7. The molecule has 1 N–H and O–H groups in total. The lowest BCUT2D eigenvalue weighted by molar-refractivity contribution is 0.0544. The topological polar surface area (TPSA) is 83.7 Å². The number of aromatic nitrogens is 1. The molecule has 2 unspecified atom stereocenters. The SMILES string of the molecule is N#Cc1cccnc1N1CCN(C2CC3CCC(C2)N3C(=O)O)CC1. The smallest absolute Gasteiger partial charge is 0.407 e. The molecular formula is C18H23N5O2. The second-order valence-electron chi connectivity index (χ2n) is 7.21. The van der Waals surface area contributed by atoms with Gasteiger partial charge in [0.25, 0.3) is 0 Å².